The summed E-state index contributed by atoms with van der Waals surface area (Å²) in [5, 5.41) is 15.5. The van der Waals surface area contributed by atoms with E-state index in [9.17, 15) is 23.1 Å². The Kier molecular flexibility index (Phi) is 6.51. The number of benzene rings is 1. The van der Waals surface area contributed by atoms with Crippen LogP contribution in [0.15, 0.2) is 30.3 Å². The quantitative estimate of drug-likeness (QED) is 0.513. The van der Waals surface area contributed by atoms with Crippen molar-refractivity contribution in [1.82, 2.24) is 19.7 Å². The number of carboxylic acids is 1. The number of carboxylic acid groups (broad SMARTS) is 1. The number of aromatic nitrogens is 3. The summed E-state index contributed by atoms with van der Waals surface area (Å²) < 4.78 is 46.5. The smallest absolute Gasteiger partial charge is 0.416 e. The van der Waals surface area contributed by atoms with Crippen LogP contribution < -0.4 is 4.90 Å². The fourth-order valence-corrected chi connectivity index (χ4v) is 5.84. The molecule has 2 saturated heterocycles. The number of morpholine rings is 1. The number of piperidine rings is 1. The van der Waals surface area contributed by atoms with E-state index in [4.69, 9.17) is 9.84 Å². The Bertz CT molecular complexity index is 1320. The second-order valence-electron chi connectivity index (χ2n) is 10.4. The average molecular weight is 530 g/mol. The average Bonchev–Trinajstić information content (AvgIpc) is 3.26. The lowest BCUT2D eigenvalue weighted by Gasteiger charge is -2.41. The highest BCUT2D eigenvalue weighted by Gasteiger charge is 2.33. The lowest BCUT2D eigenvalue weighted by molar-refractivity contribution is -0.137. The van der Waals surface area contributed by atoms with Gasteiger partial charge < -0.3 is 14.7 Å². The van der Waals surface area contributed by atoms with Crippen LogP contribution in [0.4, 0.5) is 18.9 Å². The van der Waals surface area contributed by atoms with Crippen LogP contribution in [-0.4, -0.2) is 76.2 Å². The predicted octanol–water partition coefficient (Wildman–Crippen LogP) is 4.71. The monoisotopic (exact) mass is 529 g/mol. The largest absolute Gasteiger partial charge is 0.477 e. The van der Waals surface area contributed by atoms with Gasteiger partial charge in [-0.3, -0.25) is 4.90 Å². The van der Waals surface area contributed by atoms with Gasteiger partial charge in [0.2, 0.25) is 0 Å². The first kappa shape index (κ1) is 25.1. The highest BCUT2D eigenvalue weighted by Crippen LogP contribution is 2.43. The number of anilines is 1. The maximum atomic E-state index is 13.2. The molecule has 6 rings (SSSR count). The van der Waals surface area contributed by atoms with Crippen molar-refractivity contribution >= 4 is 22.7 Å². The van der Waals surface area contributed by atoms with E-state index in [2.05, 4.69) is 14.8 Å². The van der Waals surface area contributed by atoms with Gasteiger partial charge in [-0.15, -0.1) is 0 Å². The molecule has 2 aliphatic heterocycles. The van der Waals surface area contributed by atoms with Crippen LogP contribution in [0.25, 0.3) is 16.7 Å². The van der Waals surface area contributed by atoms with Crippen molar-refractivity contribution in [2.24, 2.45) is 0 Å². The molecule has 1 aromatic carbocycles. The fourth-order valence-electron chi connectivity index (χ4n) is 5.84. The number of nitrogens with zero attached hydrogens (tertiary/aromatic N) is 5. The van der Waals surface area contributed by atoms with Gasteiger partial charge >= 0.3 is 12.1 Å². The van der Waals surface area contributed by atoms with Gasteiger partial charge in [0.25, 0.3) is 0 Å². The first-order valence-corrected chi connectivity index (χ1v) is 13.2. The van der Waals surface area contributed by atoms with Crippen LogP contribution >= 0.6 is 0 Å². The van der Waals surface area contributed by atoms with Crippen LogP contribution in [0.2, 0.25) is 0 Å². The van der Waals surface area contributed by atoms with Crippen LogP contribution in [0.1, 0.15) is 59.8 Å². The molecule has 1 saturated carbocycles. The van der Waals surface area contributed by atoms with E-state index in [-0.39, 0.29) is 11.6 Å². The summed E-state index contributed by atoms with van der Waals surface area (Å²) in [6, 6.07) is 6.87. The van der Waals surface area contributed by atoms with Crippen LogP contribution in [0.3, 0.4) is 0 Å². The topological polar surface area (TPSA) is 83.7 Å². The van der Waals surface area contributed by atoms with Crippen molar-refractivity contribution in [2.45, 2.75) is 50.2 Å². The standard InChI is InChI=1S/C27H30F3N5O3/c28-27(29,30)18-4-6-20(7-5-18)35-25-23(24(32-35)17-2-1-3-17)22(16-21(31-25)26(36)37)34-10-8-19(9-11-34)33-12-14-38-15-13-33/h4-7,16-17,19H,1-3,8-15H2,(H,36,37). The molecule has 0 spiro atoms. The molecule has 3 aromatic rings. The maximum absolute atomic E-state index is 13.2. The molecule has 8 nitrogen and oxygen atoms in total. The summed E-state index contributed by atoms with van der Waals surface area (Å²) in [5.41, 5.74) is 1.59. The number of fused-ring (bicyclic) bond motifs is 1. The van der Waals surface area contributed by atoms with E-state index in [0.29, 0.717) is 17.4 Å². The van der Waals surface area contributed by atoms with E-state index < -0.39 is 17.7 Å². The highest BCUT2D eigenvalue weighted by atomic mass is 19.4. The van der Waals surface area contributed by atoms with Gasteiger partial charge in [-0.1, -0.05) is 6.42 Å². The molecule has 0 atom stereocenters. The van der Waals surface area contributed by atoms with E-state index in [0.717, 1.165) is 100 Å². The van der Waals surface area contributed by atoms with Crippen molar-refractivity contribution in [3.63, 3.8) is 0 Å². The second-order valence-corrected chi connectivity index (χ2v) is 10.4. The number of alkyl halides is 3. The molecule has 4 heterocycles. The Labute approximate surface area is 218 Å². The zero-order chi connectivity index (χ0) is 26.4. The summed E-state index contributed by atoms with van der Waals surface area (Å²) in [5.74, 6) is -0.933. The number of rotatable bonds is 5. The molecular formula is C27H30F3N5O3. The first-order chi connectivity index (χ1) is 18.3. The van der Waals surface area contributed by atoms with Crippen LogP contribution in [-0.2, 0) is 10.9 Å². The van der Waals surface area contributed by atoms with Gasteiger partial charge in [-0.2, -0.15) is 18.3 Å². The van der Waals surface area contributed by atoms with E-state index in [1.165, 1.54) is 16.8 Å². The minimum Gasteiger partial charge on any atom is -0.477 e. The Morgan fingerprint density at radius 1 is 1.00 bits per heavy atom. The molecule has 3 aliphatic rings. The molecule has 1 N–H and O–H groups in total. The van der Waals surface area contributed by atoms with Crippen molar-refractivity contribution in [3.8, 4) is 5.69 Å². The molecule has 0 amide bonds. The Hall–Kier alpha value is -3.18. The van der Waals surface area contributed by atoms with Gasteiger partial charge in [0.1, 0.15) is 0 Å². The highest BCUT2D eigenvalue weighted by molar-refractivity contribution is 5.98. The normalized spacial score (nSPS) is 20.1. The molecule has 11 heteroatoms. The first-order valence-electron chi connectivity index (χ1n) is 13.2. The van der Waals surface area contributed by atoms with Crippen molar-refractivity contribution in [1.29, 1.82) is 0 Å². The molecular weight excluding hydrogens is 499 g/mol. The molecule has 1 aliphatic carbocycles. The second kappa shape index (κ2) is 9.85. The van der Waals surface area contributed by atoms with E-state index in [1.54, 1.807) is 6.07 Å². The number of carbonyl (C=O) groups is 1. The number of hydrogen-bond donors (Lipinski definition) is 1. The van der Waals surface area contributed by atoms with Gasteiger partial charge in [-0.05, 0) is 56.0 Å². The Morgan fingerprint density at radius 2 is 1.68 bits per heavy atom. The molecule has 0 radical (unpaired) electrons. The summed E-state index contributed by atoms with van der Waals surface area (Å²) in [4.78, 5) is 21.3. The molecule has 3 fully saturated rings. The van der Waals surface area contributed by atoms with Gasteiger partial charge in [0, 0.05) is 38.1 Å². The lowest BCUT2D eigenvalue weighted by atomic mass is 9.82. The van der Waals surface area contributed by atoms with Gasteiger partial charge in [0.05, 0.1) is 41.2 Å². The number of aromatic carboxylic acids is 1. The third-order valence-corrected chi connectivity index (χ3v) is 8.16. The Balaban J connectivity index is 1.41. The van der Waals surface area contributed by atoms with Crippen LogP contribution in [0, 0.1) is 0 Å². The third kappa shape index (κ3) is 4.62. The van der Waals surface area contributed by atoms with Gasteiger partial charge in [-0.25, -0.2) is 14.5 Å². The van der Waals surface area contributed by atoms with E-state index in [1.807, 2.05) is 0 Å². The summed E-state index contributed by atoms with van der Waals surface area (Å²) in [7, 11) is 0. The fraction of sp³-hybridized carbons (Fsp3) is 0.519. The van der Waals surface area contributed by atoms with E-state index >= 15 is 0 Å². The minimum atomic E-state index is -4.45. The Morgan fingerprint density at radius 3 is 2.26 bits per heavy atom. The van der Waals surface area contributed by atoms with Crippen molar-refractivity contribution in [3.05, 3.63) is 47.3 Å². The number of pyridine rings is 1. The molecule has 202 valence electrons. The maximum Gasteiger partial charge on any atom is 0.416 e. The molecule has 2 aromatic heterocycles. The number of hydrogen-bond acceptors (Lipinski definition) is 6. The van der Waals surface area contributed by atoms with Crippen LogP contribution in [0.5, 0.6) is 0 Å². The van der Waals surface area contributed by atoms with Gasteiger partial charge in [0.15, 0.2) is 11.3 Å². The summed E-state index contributed by atoms with van der Waals surface area (Å²) in [6.45, 7) is 4.91. The number of halogens is 3. The molecule has 38 heavy (non-hydrogen) atoms. The van der Waals surface area contributed by atoms with Crippen molar-refractivity contribution in [2.75, 3.05) is 44.3 Å². The van der Waals surface area contributed by atoms with Crippen molar-refractivity contribution < 1.29 is 27.8 Å². The zero-order valence-corrected chi connectivity index (χ0v) is 21.0. The predicted molar refractivity (Wildman–Crippen MR) is 135 cm³/mol. The lowest BCUT2D eigenvalue weighted by Crippen LogP contribution is -2.49. The molecule has 0 unspecified atom stereocenters. The minimum absolute atomic E-state index is 0.101. The molecule has 0 bridgehead atoms. The summed E-state index contributed by atoms with van der Waals surface area (Å²) >= 11 is 0. The zero-order valence-electron chi connectivity index (χ0n) is 21.0. The summed E-state index contributed by atoms with van der Waals surface area (Å²) in [6.07, 6.45) is 0.490. The third-order valence-electron chi connectivity index (χ3n) is 8.16. The SMILES string of the molecule is O=C(O)c1cc(N2CCC(N3CCOCC3)CC2)c2c(C3CCC3)nn(-c3ccc(C(F)(F)F)cc3)c2n1. The number of ether oxygens (including phenoxy) is 1.